The van der Waals surface area contributed by atoms with Crippen LogP contribution in [0.15, 0.2) is 48.5 Å². The minimum absolute atomic E-state index is 0.0286. The number of ether oxygens (including phenoxy) is 1. The first kappa shape index (κ1) is 17.9. The van der Waals surface area contributed by atoms with E-state index in [-0.39, 0.29) is 18.6 Å². The molecule has 2 aromatic rings. The molecule has 140 valence electrons. The number of thioether (sulfide) groups is 1. The molecule has 1 N–H and O–H groups in total. The van der Waals surface area contributed by atoms with E-state index in [1.165, 1.54) is 16.0 Å². The highest BCUT2D eigenvalue weighted by atomic mass is 32.2. The molecule has 4 rings (SSSR count). The van der Waals surface area contributed by atoms with Gasteiger partial charge in [-0.15, -0.1) is 0 Å². The van der Waals surface area contributed by atoms with Crippen LogP contribution in [0, 0.1) is 0 Å². The fourth-order valence-electron chi connectivity index (χ4n) is 3.98. The number of amides is 1. The van der Waals surface area contributed by atoms with Gasteiger partial charge in [0.1, 0.15) is 12.6 Å². The van der Waals surface area contributed by atoms with E-state index in [1.54, 1.807) is 11.8 Å². The standard InChI is InChI=1S/C21H21NO4S/c1-13-11-27-12-19(20(23)24)22(13)21(25)26-10-18-16-8-4-2-6-14(16)15-7-3-5-9-17(15)18/h2-9,13,18-19H,10-12H2,1H3,(H,23,24). The van der Waals surface area contributed by atoms with E-state index in [4.69, 9.17) is 4.74 Å². The second-order valence-corrected chi connectivity index (χ2v) is 8.03. The van der Waals surface area contributed by atoms with Gasteiger partial charge in [0.25, 0.3) is 0 Å². The van der Waals surface area contributed by atoms with E-state index < -0.39 is 18.1 Å². The molecule has 2 aromatic carbocycles. The van der Waals surface area contributed by atoms with E-state index in [0.717, 1.165) is 11.1 Å². The van der Waals surface area contributed by atoms with Crippen molar-refractivity contribution in [2.45, 2.75) is 24.9 Å². The first-order chi connectivity index (χ1) is 13.1. The van der Waals surface area contributed by atoms with Gasteiger partial charge in [-0.05, 0) is 29.2 Å². The van der Waals surface area contributed by atoms with Crippen LogP contribution < -0.4 is 0 Å². The quantitative estimate of drug-likeness (QED) is 0.873. The lowest BCUT2D eigenvalue weighted by Crippen LogP contribution is -2.55. The molecule has 2 unspecified atom stereocenters. The molecule has 2 atom stereocenters. The van der Waals surface area contributed by atoms with E-state index in [9.17, 15) is 14.7 Å². The molecule has 6 heteroatoms. The summed E-state index contributed by atoms with van der Waals surface area (Å²) in [5.41, 5.74) is 4.62. The Morgan fingerprint density at radius 1 is 1.07 bits per heavy atom. The lowest BCUT2D eigenvalue weighted by molar-refractivity contribution is -0.142. The summed E-state index contributed by atoms with van der Waals surface area (Å²) < 4.78 is 5.64. The summed E-state index contributed by atoms with van der Waals surface area (Å²) in [6, 6.07) is 15.3. The summed E-state index contributed by atoms with van der Waals surface area (Å²) in [7, 11) is 0. The van der Waals surface area contributed by atoms with E-state index >= 15 is 0 Å². The molecule has 1 heterocycles. The van der Waals surface area contributed by atoms with Crippen molar-refractivity contribution in [1.82, 2.24) is 4.90 Å². The van der Waals surface area contributed by atoms with Crippen LogP contribution in [-0.2, 0) is 9.53 Å². The molecule has 27 heavy (non-hydrogen) atoms. The van der Waals surface area contributed by atoms with Crippen LogP contribution in [0.3, 0.4) is 0 Å². The van der Waals surface area contributed by atoms with Gasteiger partial charge in [-0.3, -0.25) is 4.90 Å². The fourth-order valence-corrected chi connectivity index (χ4v) is 5.15. The van der Waals surface area contributed by atoms with Crippen LogP contribution in [0.1, 0.15) is 24.0 Å². The number of fused-ring (bicyclic) bond motifs is 3. The highest BCUT2D eigenvalue weighted by Crippen LogP contribution is 2.44. The van der Waals surface area contributed by atoms with Crippen LogP contribution in [0.5, 0.6) is 0 Å². The molecule has 1 saturated heterocycles. The van der Waals surface area contributed by atoms with Crippen molar-refractivity contribution < 1.29 is 19.4 Å². The van der Waals surface area contributed by atoms with Gasteiger partial charge < -0.3 is 9.84 Å². The Morgan fingerprint density at radius 2 is 1.67 bits per heavy atom. The van der Waals surface area contributed by atoms with Gasteiger partial charge in [0, 0.05) is 23.5 Å². The Bertz CT molecular complexity index is 838. The molecule has 2 aliphatic rings. The second kappa shape index (κ2) is 7.27. The Morgan fingerprint density at radius 3 is 2.26 bits per heavy atom. The van der Waals surface area contributed by atoms with Gasteiger partial charge >= 0.3 is 12.1 Å². The van der Waals surface area contributed by atoms with Gasteiger partial charge in [0.05, 0.1) is 0 Å². The summed E-state index contributed by atoms with van der Waals surface area (Å²) >= 11 is 1.56. The minimum atomic E-state index is -0.984. The molecule has 0 radical (unpaired) electrons. The third kappa shape index (κ3) is 3.18. The number of hydrogen-bond acceptors (Lipinski definition) is 4. The molecule has 0 saturated carbocycles. The number of carboxylic acid groups (broad SMARTS) is 1. The molecule has 0 bridgehead atoms. The third-order valence-corrected chi connectivity index (χ3v) is 6.55. The average Bonchev–Trinajstić information content (AvgIpc) is 3.00. The summed E-state index contributed by atoms with van der Waals surface area (Å²) in [5.74, 6) is 0.0966. The molecule has 1 aliphatic heterocycles. The topological polar surface area (TPSA) is 66.8 Å². The third-order valence-electron chi connectivity index (χ3n) is 5.28. The van der Waals surface area contributed by atoms with Gasteiger partial charge in [-0.2, -0.15) is 11.8 Å². The van der Waals surface area contributed by atoms with Gasteiger partial charge in [0.2, 0.25) is 0 Å². The molecule has 5 nitrogen and oxygen atoms in total. The number of aliphatic carboxylic acids is 1. The van der Waals surface area contributed by atoms with Crippen LogP contribution >= 0.6 is 11.8 Å². The summed E-state index contributed by atoms with van der Waals surface area (Å²) in [6.07, 6.45) is -0.544. The van der Waals surface area contributed by atoms with Crippen LogP contribution in [-0.4, -0.2) is 52.3 Å². The molecule has 1 amide bonds. The van der Waals surface area contributed by atoms with Gasteiger partial charge in [-0.25, -0.2) is 9.59 Å². The molecular weight excluding hydrogens is 362 g/mol. The molecule has 1 fully saturated rings. The van der Waals surface area contributed by atoms with Crippen LogP contribution in [0.4, 0.5) is 4.79 Å². The fraction of sp³-hybridized carbons (Fsp3) is 0.333. The lowest BCUT2D eigenvalue weighted by Gasteiger charge is -2.37. The minimum Gasteiger partial charge on any atom is -0.480 e. The smallest absolute Gasteiger partial charge is 0.410 e. The highest BCUT2D eigenvalue weighted by Gasteiger charge is 2.38. The van der Waals surface area contributed by atoms with Gasteiger partial charge in [-0.1, -0.05) is 48.5 Å². The van der Waals surface area contributed by atoms with Gasteiger partial charge in [0.15, 0.2) is 0 Å². The monoisotopic (exact) mass is 383 g/mol. The lowest BCUT2D eigenvalue weighted by atomic mass is 9.98. The average molecular weight is 383 g/mol. The predicted molar refractivity (Wildman–Crippen MR) is 105 cm³/mol. The maximum Gasteiger partial charge on any atom is 0.410 e. The Labute approximate surface area is 162 Å². The Kier molecular flexibility index (Phi) is 4.83. The number of carboxylic acids is 1. The van der Waals surface area contributed by atoms with Crippen molar-refractivity contribution in [3.63, 3.8) is 0 Å². The first-order valence-electron chi connectivity index (χ1n) is 9.01. The number of carbonyl (C=O) groups excluding carboxylic acids is 1. The molecule has 0 spiro atoms. The zero-order chi connectivity index (χ0) is 19.0. The number of nitrogens with zero attached hydrogens (tertiary/aromatic N) is 1. The Balaban J connectivity index is 1.55. The highest BCUT2D eigenvalue weighted by molar-refractivity contribution is 7.99. The summed E-state index contributed by atoms with van der Waals surface area (Å²) in [5, 5.41) is 9.45. The summed E-state index contributed by atoms with van der Waals surface area (Å²) in [4.78, 5) is 25.7. The van der Waals surface area contributed by atoms with Crippen molar-refractivity contribution in [1.29, 1.82) is 0 Å². The largest absolute Gasteiger partial charge is 0.480 e. The summed E-state index contributed by atoms with van der Waals surface area (Å²) in [6.45, 7) is 2.07. The molecule has 0 aromatic heterocycles. The Hall–Kier alpha value is -2.47. The number of carbonyl (C=O) groups is 2. The maximum absolute atomic E-state index is 12.7. The van der Waals surface area contributed by atoms with E-state index in [1.807, 2.05) is 31.2 Å². The predicted octanol–water partition coefficient (Wildman–Crippen LogP) is 3.83. The normalized spacial score (nSPS) is 21.4. The zero-order valence-electron chi connectivity index (χ0n) is 15.0. The van der Waals surface area contributed by atoms with Crippen molar-refractivity contribution in [2.24, 2.45) is 0 Å². The van der Waals surface area contributed by atoms with Crippen molar-refractivity contribution >= 4 is 23.8 Å². The van der Waals surface area contributed by atoms with Crippen LogP contribution in [0.2, 0.25) is 0 Å². The van der Waals surface area contributed by atoms with Crippen LogP contribution in [0.25, 0.3) is 11.1 Å². The number of hydrogen-bond donors (Lipinski definition) is 1. The second-order valence-electron chi connectivity index (χ2n) is 6.95. The zero-order valence-corrected chi connectivity index (χ0v) is 15.8. The number of benzene rings is 2. The molecule has 1 aliphatic carbocycles. The SMILES string of the molecule is CC1CSCC(C(=O)O)N1C(=O)OCC1c2ccccc2-c2ccccc21. The first-order valence-corrected chi connectivity index (χ1v) is 10.2. The van der Waals surface area contributed by atoms with E-state index in [0.29, 0.717) is 11.5 Å². The van der Waals surface area contributed by atoms with Crippen molar-refractivity contribution in [2.75, 3.05) is 18.1 Å². The van der Waals surface area contributed by atoms with E-state index in [2.05, 4.69) is 24.3 Å². The maximum atomic E-state index is 12.7. The number of rotatable bonds is 3. The van der Waals surface area contributed by atoms with Crippen molar-refractivity contribution in [3.8, 4) is 11.1 Å². The molecular formula is C21H21NO4S. The van der Waals surface area contributed by atoms with Crippen molar-refractivity contribution in [3.05, 3.63) is 59.7 Å².